The van der Waals surface area contributed by atoms with Crippen molar-refractivity contribution in [1.29, 1.82) is 0 Å². The maximum absolute atomic E-state index is 13.3. The number of aromatic amines is 1. The highest BCUT2D eigenvalue weighted by molar-refractivity contribution is 5.80. The molecule has 0 bridgehead atoms. The van der Waals surface area contributed by atoms with E-state index in [1.165, 1.54) is 0 Å². The molecule has 3 N–H and O–H groups in total. The van der Waals surface area contributed by atoms with Crippen molar-refractivity contribution in [2.45, 2.75) is 25.8 Å². The Labute approximate surface area is 163 Å². The van der Waals surface area contributed by atoms with Crippen LogP contribution in [0.25, 0.3) is 0 Å². The predicted molar refractivity (Wildman–Crippen MR) is 104 cm³/mol. The number of rotatable bonds is 3. The van der Waals surface area contributed by atoms with Gasteiger partial charge >= 0.3 is 0 Å². The maximum Gasteiger partial charge on any atom is 0.254 e. The minimum absolute atomic E-state index is 0.0877. The molecule has 0 radical (unpaired) electrons. The number of aromatic nitrogens is 2. The van der Waals surface area contributed by atoms with Crippen LogP contribution in [-0.4, -0.2) is 47.5 Å². The molecule has 3 heterocycles. The standard InChI is InChI=1S/C20H25N5O3/c1-12-22-17-7-9-25(8-6-15(17)19(26)23-12)20(27)16-11-21-24-18(16)13-4-3-5-14(10-13)28-2/h3-5,10,16,18,21,24H,6-9,11H2,1-2H3,(H,22,23,26). The number of carbonyl (C=O) groups is 1. The fourth-order valence-electron chi connectivity index (χ4n) is 4.07. The molecule has 0 aliphatic carbocycles. The van der Waals surface area contributed by atoms with Gasteiger partial charge in [-0.15, -0.1) is 0 Å². The number of nitrogens with zero attached hydrogens (tertiary/aromatic N) is 2. The first-order chi connectivity index (χ1) is 13.6. The van der Waals surface area contributed by atoms with Gasteiger partial charge in [0, 0.05) is 31.6 Å². The molecule has 2 aliphatic heterocycles. The summed E-state index contributed by atoms with van der Waals surface area (Å²) in [7, 11) is 1.63. The topological polar surface area (TPSA) is 99.3 Å². The minimum atomic E-state index is -0.221. The highest BCUT2D eigenvalue weighted by Gasteiger charge is 2.37. The molecule has 2 unspecified atom stereocenters. The van der Waals surface area contributed by atoms with Gasteiger partial charge in [0.05, 0.1) is 24.8 Å². The third kappa shape index (κ3) is 3.53. The van der Waals surface area contributed by atoms with Crippen molar-refractivity contribution in [2.75, 3.05) is 26.7 Å². The normalized spacial score (nSPS) is 21.9. The second kappa shape index (κ2) is 7.73. The number of methoxy groups -OCH3 is 1. The van der Waals surface area contributed by atoms with Crippen LogP contribution in [0.5, 0.6) is 5.75 Å². The van der Waals surface area contributed by atoms with Crippen LogP contribution in [-0.2, 0) is 17.6 Å². The van der Waals surface area contributed by atoms with E-state index in [0.717, 1.165) is 17.0 Å². The molecule has 1 aromatic heterocycles. The van der Waals surface area contributed by atoms with E-state index in [0.29, 0.717) is 43.9 Å². The first kappa shape index (κ1) is 18.6. The predicted octanol–water partition coefficient (Wildman–Crippen LogP) is 0.479. The van der Waals surface area contributed by atoms with E-state index in [-0.39, 0.29) is 23.4 Å². The molecule has 2 atom stereocenters. The summed E-state index contributed by atoms with van der Waals surface area (Å²) in [5.41, 5.74) is 8.78. The van der Waals surface area contributed by atoms with Crippen molar-refractivity contribution in [3.63, 3.8) is 0 Å². The van der Waals surface area contributed by atoms with Gasteiger partial charge in [-0.25, -0.2) is 10.4 Å². The average Bonchev–Trinajstić information content (AvgIpc) is 3.08. The van der Waals surface area contributed by atoms with Crippen molar-refractivity contribution in [1.82, 2.24) is 25.7 Å². The summed E-state index contributed by atoms with van der Waals surface area (Å²) in [4.78, 5) is 34.6. The third-order valence-corrected chi connectivity index (χ3v) is 5.53. The summed E-state index contributed by atoms with van der Waals surface area (Å²) in [6.07, 6.45) is 1.13. The Kier molecular flexibility index (Phi) is 5.15. The van der Waals surface area contributed by atoms with Crippen molar-refractivity contribution in [2.24, 2.45) is 5.92 Å². The van der Waals surface area contributed by atoms with Crippen LogP contribution in [0.4, 0.5) is 0 Å². The number of aryl methyl sites for hydroxylation is 1. The van der Waals surface area contributed by atoms with Crippen LogP contribution in [0.3, 0.4) is 0 Å². The Morgan fingerprint density at radius 2 is 2.11 bits per heavy atom. The first-order valence-electron chi connectivity index (χ1n) is 9.56. The van der Waals surface area contributed by atoms with Gasteiger partial charge in [0.1, 0.15) is 11.6 Å². The van der Waals surface area contributed by atoms with E-state index in [4.69, 9.17) is 4.74 Å². The van der Waals surface area contributed by atoms with E-state index in [1.807, 2.05) is 29.2 Å². The van der Waals surface area contributed by atoms with Crippen molar-refractivity contribution < 1.29 is 9.53 Å². The Balaban J connectivity index is 1.52. The van der Waals surface area contributed by atoms with Gasteiger partial charge in [0.25, 0.3) is 5.56 Å². The number of hydrogen-bond donors (Lipinski definition) is 3. The quantitative estimate of drug-likeness (QED) is 0.713. The Hall–Kier alpha value is -2.71. The molecule has 148 valence electrons. The summed E-state index contributed by atoms with van der Waals surface area (Å²) >= 11 is 0. The first-order valence-corrected chi connectivity index (χ1v) is 9.56. The van der Waals surface area contributed by atoms with Crippen molar-refractivity contribution >= 4 is 5.91 Å². The van der Waals surface area contributed by atoms with Crippen LogP contribution >= 0.6 is 0 Å². The fourth-order valence-corrected chi connectivity index (χ4v) is 4.07. The number of fused-ring (bicyclic) bond motifs is 1. The molecule has 1 saturated heterocycles. The van der Waals surface area contributed by atoms with Crippen LogP contribution in [0, 0.1) is 12.8 Å². The Morgan fingerprint density at radius 1 is 1.29 bits per heavy atom. The number of ether oxygens (including phenoxy) is 1. The van der Waals surface area contributed by atoms with E-state index < -0.39 is 0 Å². The van der Waals surface area contributed by atoms with Gasteiger partial charge in [-0.1, -0.05) is 12.1 Å². The number of amides is 1. The summed E-state index contributed by atoms with van der Waals surface area (Å²) in [5, 5.41) is 0. The van der Waals surface area contributed by atoms with Crippen LogP contribution in [0.15, 0.2) is 29.1 Å². The molecule has 1 aromatic carbocycles. The second-order valence-electron chi connectivity index (χ2n) is 7.29. The monoisotopic (exact) mass is 383 g/mol. The third-order valence-electron chi connectivity index (χ3n) is 5.53. The molecular weight excluding hydrogens is 358 g/mol. The number of hydrogen-bond acceptors (Lipinski definition) is 6. The lowest BCUT2D eigenvalue weighted by Crippen LogP contribution is -2.40. The molecule has 28 heavy (non-hydrogen) atoms. The molecule has 8 heteroatoms. The van der Waals surface area contributed by atoms with Crippen LogP contribution < -0.4 is 21.1 Å². The number of benzene rings is 1. The van der Waals surface area contributed by atoms with Gasteiger partial charge in [-0.3, -0.25) is 15.0 Å². The molecule has 2 aromatic rings. The van der Waals surface area contributed by atoms with Gasteiger partial charge in [0.15, 0.2) is 0 Å². The summed E-state index contributed by atoms with van der Waals surface area (Å²) in [6, 6.07) is 7.64. The molecule has 8 nitrogen and oxygen atoms in total. The summed E-state index contributed by atoms with van der Waals surface area (Å²) < 4.78 is 5.32. The van der Waals surface area contributed by atoms with E-state index >= 15 is 0 Å². The molecule has 0 spiro atoms. The van der Waals surface area contributed by atoms with Crippen molar-refractivity contribution in [3.05, 3.63) is 57.3 Å². The molecule has 1 fully saturated rings. The van der Waals surface area contributed by atoms with Gasteiger partial charge in [-0.2, -0.15) is 0 Å². The summed E-state index contributed by atoms with van der Waals surface area (Å²) in [6.45, 7) is 3.44. The van der Waals surface area contributed by atoms with Crippen LogP contribution in [0.1, 0.15) is 28.7 Å². The minimum Gasteiger partial charge on any atom is -0.497 e. The Morgan fingerprint density at radius 3 is 2.93 bits per heavy atom. The van der Waals surface area contributed by atoms with Gasteiger partial charge in [-0.05, 0) is 31.0 Å². The van der Waals surface area contributed by atoms with E-state index in [1.54, 1.807) is 14.0 Å². The molecule has 4 rings (SSSR count). The smallest absolute Gasteiger partial charge is 0.254 e. The van der Waals surface area contributed by atoms with E-state index in [9.17, 15) is 9.59 Å². The fraction of sp³-hybridized carbons (Fsp3) is 0.450. The number of nitrogens with one attached hydrogen (secondary N) is 3. The van der Waals surface area contributed by atoms with Gasteiger partial charge in [0.2, 0.25) is 5.91 Å². The van der Waals surface area contributed by atoms with Crippen LogP contribution in [0.2, 0.25) is 0 Å². The van der Waals surface area contributed by atoms with Gasteiger partial charge < -0.3 is 14.6 Å². The zero-order valence-electron chi connectivity index (χ0n) is 16.1. The number of hydrazine groups is 1. The Bertz CT molecular complexity index is 942. The molecule has 0 saturated carbocycles. The largest absolute Gasteiger partial charge is 0.497 e. The lowest BCUT2D eigenvalue weighted by Gasteiger charge is -2.26. The lowest BCUT2D eigenvalue weighted by atomic mass is 9.93. The number of carbonyl (C=O) groups excluding carboxylic acids is 1. The van der Waals surface area contributed by atoms with Crippen molar-refractivity contribution in [3.8, 4) is 5.75 Å². The molecule has 2 aliphatic rings. The van der Waals surface area contributed by atoms with E-state index in [2.05, 4.69) is 20.8 Å². The average molecular weight is 383 g/mol. The SMILES string of the molecule is COc1cccc(C2NNCC2C(=O)N2CCc3nc(C)[nH]c(=O)c3CC2)c1. The lowest BCUT2D eigenvalue weighted by molar-refractivity contribution is -0.135. The number of H-pyrrole nitrogens is 1. The zero-order chi connectivity index (χ0) is 19.7. The molecular formula is C20H25N5O3. The molecule has 1 amide bonds. The second-order valence-corrected chi connectivity index (χ2v) is 7.29. The zero-order valence-corrected chi connectivity index (χ0v) is 16.1. The summed E-state index contributed by atoms with van der Waals surface area (Å²) in [5.74, 6) is 1.25. The highest BCUT2D eigenvalue weighted by atomic mass is 16.5. The highest BCUT2D eigenvalue weighted by Crippen LogP contribution is 2.29. The maximum atomic E-state index is 13.3.